The number of hydrogen-bond acceptors (Lipinski definition) is 5. The first-order chi connectivity index (χ1) is 12.6. The predicted molar refractivity (Wildman–Crippen MR) is 98.4 cm³/mol. The first-order valence-electron chi connectivity index (χ1n) is 8.55. The largest absolute Gasteiger partial charge is 0.489 e. The average Bonchev–Trinajstić information content (AvgIpc) is 2.68. The van der Waals surface area contributed by atoms with Crippen LogP contribution in [0.2, 0.25) is 0 Å². The third-order valence-electron chi connectivity index (χ3n) is 4.51. The summed E-state index contributed by atoms with van der Waals surface area (Å²) in [7, 11) is -3.64. The molecule has 134 valence electrons. The van der Waals surface area contributed by atoms with Gasteiger partial charge in [0.15, 0.2) is 0 Å². The van der Waals surface area contributed by atoms with Crippen LogP contribution in [0.25, 0.3) is 10.9 Å². The Morgan fingerprint density at radius 2 is 1.85 bits per heavy atom. The molecule has 0 bridgehead atoms. The zero-order valence-electron chi connectivity index (χ0n) is 14.2. The van der Waals surface area contributed by atoms with E-state index in [1.165, 1.54) is 4.31 Å². The van der Waals surface area contributed by atoms with Crippen LogP contribution in [-0.2, 0) is 10.0 Å². The summed E-state index contributed by atoms with van der Waals surface area (Å²) in [6.45, 7) is 0.815. The van der Waals surface area contributed by atoms with Crippen LogP contribution in [0.4, 0.5) is 0 Å². The molecule has 0 spiro atoms. The van der Waals surface area contributed by atoms with Gasteiger partial charge in [0.05, 0.1) is 12.1 Å². The van der Waals surface area contributed by atoms with Crippen LogP contribution in [0, 0.1) is 0 Å². The molecular weight excluding hydrogens is 350 g/mol. The SMILES string of the molecule is O=S(=O)(c1cccc2cccnc12)N1CCCC(Oc2ccncc2)C1. The van der Waals surface area contributed by atoms with Crippen molar-refractivity contribution in [2.45, 2.75) is 23.8 Å². The van der Waals surface area contributed by atoms with Crippen molar-refractivity contribution in [3.63, 3.8) is 0 Å². The highest BCUT2D eigenvalue weighted by Gasteiger charge is 2.32. The molecule has 1 aliphatic rings. The van der Waals surface area contributed by atoms with Gasteiger partial charge in [0, 0.05) is 30.5 Å². The molecule has 1 atom stereocenters. The second-order valence-corrected chi connectivity index (χ2v) is 8.17. The fraction of sp³-hybridized carbons (Fsp3) is 0.263. The van der Waals surface area contributed by atoms with Crippen LogP contribution in [0.1, 0.15) is 12.8 Å². The fourth-order valence-corrected chi connectivity index (χ4v) is 4.93. The monoisotopic (exact) mass is 369 g/mol. The van der Waals surface area contributed by atoms with Gasteiger partial charge in [0.25, 0.3) is 0 Å². The van der Waals surface area contributed by atoms with Crippen molar-refractivity contribution >= 4 is 20.9 Å². The van der Waals surface area contributed by atoms with E-state index in [2.05, 4.69) is 9.97 Å². The van der Waals surface area contributed by atoms with Crippen LogP contribution < -0.4 is 4.74 Å². The van der Waals surface area contributed by atoms with Gasteiger partial charge in [-0.2, -0.15) is 4.31 Å². The molecular formula is C19H19N3O3S. The van der Waals surface area contributed by atoms with E-state index in [-0.39, 0.29) is 11.0 Å². The number of pyridine rings is 2. The molecule has 1 aliphatic heterocycles. The van der Waals surface area contributed by atoms with E-state index in [0.717, 1.165) is 18.2 Å². The molecule has 1 aromatic carbocycles. The van der Waals surface area contributed by atoms with Gasteiger partial charge >= 0.3 is 0 Å². The molecule has 6 nitrogen and oxygen atoms in total. The number of para-hydroxylation sites is 1. The van der Waals surface area contributed by atoms with Gasteiger partial charge < -0.3 is 4.74 Å². The molecule has 4 rings (SSSR count). The Kier molecular flexibility index (Phi) is 4.57. The third kappa shape index (κ3) is 3.27. The van der Waals surface area contributed by atoms with Gasteiger partial charge in [-0.3, -0.25) is 9.97 Å². The van der Waals surface area contributed by atoms with Gasteiger partial charge in [-0.1, -0.05) is 18.2 Å². The molecule has 0 aliphatic carbocycles. The Morgan fingerprint density at radius 3 is 2.69 bits per heavy atom. The molecule has 0 saturated carbocycles. The molecule has 7 heteroatoms. The Labute approximate surface area is 152 Å². The maximum Gasteiger partial charge on any atom is 0.245 e. The van der Waals surface area contributed by atoms with Crippen molar-refractivity contribution in [1.29, 1.82) is 0 Å². The Balaban J connectivity index is 1.61. The minimum atomic E-state index is -3.64. The lowest BCUT2D eigenvalue weighted by Gasteiger charge is -2.32. The maximum atomic E-state index is 13.2. The van der Waals surface area contributed by atoms with Crippen molar-refractivity contribution in [3.8, 4) is 5.75 Å². The standard InChI is InChI=1S/C19H19N3O3S/c23-26(24,18-7-1-4-15-5-2-10-21-19(15)18)22-13-3-6-17(14-22)25-16-8-11-20-12-9-16/h1-2,4-5,7-12,17H,3,6,13-14H2. The molecule has 1 saturated heterocycles. The minimum Gasteiger partial charge on any atom is -0.489 e. The lowest BCUT2D eigenvalue weighted by molar-refractivity contribution is 0.129. The van der Waals surface area contributed by atoms with E-state index in [0.29, 0.717) is 24.4 Å². The second-order valence-electron chi connectivity index (χ2n) is 6.26. The van der Waals surface area contributed by atoms with Gasteiger partial charge in [0.1, 0.15) is 16.7 Å². The second kappa shape index (κ2) is 7.01. The molecule has 3 aromatic rings. The zero-order valence-corrected chi connectivity index (χ0v) is 15.0. The summed E-state index contributed by atoms with van der Waals surface area (Å²) < 4.78 is 33.9. The Morgan fingerprint density at radius 1 is 1.04 bits per heavy atom. The first-order valence-corrected chi connectivity index (χ1v) is 9.99. The Bertz CT molecular complexity index is 1000. The van der Waals surface area contributed by atoms with Crippen LogP contribution in [0.3, 0.4) is 0 Å². The van der Waals surface area contributed by atoms with Crippen LogP contribution >= 0.6 is 0 Å². The van der Waals surface area contributed by atoms with Gasteiger partial charge in [0.2, 0.25) is 10.0 Å². The first kappa shape index (κ1) is 16.9. The van der Waals surface area contributed by atoms with Crippen molar-refractivity contribution in [2.75, 3.05) is 13.1 Å². The number of fused-ring (bicyclic) bond motifs is 1. The maximum absolute atomic E-state index is 13.2. The number of hydrogen-bond donors (Lipinski definition) is 0. The normalized spacial score (nSPS) is 18.7. The quantitative estimate of drug-likeness (QED) is 0.707. The number of sulfonamides is 1. The van der Waals surface area contributed by atoms with E-state index in [4.69, 9.17) is 4.74 Å². The highest BCUT2D eigenvalue weighted by atomic mass is 32.2. The summed E-state index contributed by atoms with van der Waals surface area (Å²) in [6.07, 6.45) is 6.34. The summed E-state index contributed by atoms with van der Waals surface area (Å²) in [5, 5.41) is 0.815. The van der Waals surface area contributed by atoms with Crippen LogP contribution in [0.15, 0.2) is 66.0 Å². The summed E-state index contributed by atoms with van der Waals surface area (Å²) in [5.74, 6) is 0.705. The lowest BCUT2D eigenvalue weighted by Crippen LogP contribution is -2.44. The Hall–Kier alpha value is -2.51. The molecule has 1 unspecified atom stereocenters. The molecule has 3 heterocycles. The number of nitrogens with zero attached hydrogens (tertiary/aromatic N) is 3. The number of ether oxygens (including phenoxy) is 1. The van der Waals surface area contributed by atoms with E-state index in [1.807, 2.05) is 12.1 Å². The molecule has 0 amide bonds. The number of benzene rings is 1. The topological polar surface area (TPSA) is 72.4 Å². The number of rotatable bonds is 4. The summed E-state index contributed by atoms with van der Waals surface area (Å²) in [5.41, 5.74) is 0.507. The van der Waals surface area contributed by atoms with Gasteiger partial charge in [-0.05, 0) is 37.1 Å². The van der Waals surface area contributed by atoms with E-state index < -0.39 is 10.0 Å². The summed E-state index contributed by atoms with van der Waals surface area (Å²) in [4.78, 5) is 8.50. The predicted octanol–water partition coefficient (Wildman–Crippen LogP) is 2.86. The van der Waals surface area contributed by atoms with Gasteiger partial charge in [-0.25, -0.2) is 8.42 Å². The highest BCUT2D eigenvalue weighted by molar-refractivity contribution is 7.89. The third-order valence-corrected chi connectivity index (χ3v) is 6.40. The molecule has 0 radical (unpaired) electrons. The highest BCUT2D eigenvalue weighted by Crippen LogP contribution is 2.27. The summed E-state index contributed by atoms with van der Waals surface area (Å²) in [6, 6.07) is 12.5. The summed E-state index contributed by atoms with van der Waals surface area (Å²) >= 11 is 0. The molecule has 1 fully saturated rings. The number of piperidine rings is 1. The van der Waals surface area contributed by atoms with E-state index in [1.54, 1.807) is 48.9 Å². The number of aromatic nitrogens is 2. The molecule has 2 aromatic heterocycles. The van der Waals surface area contributed by atoms with Crippen molar-refractivity contribution in [2.24, 2.45) is 0 Å². The zero-order chi connectivity index (χ0) is 18.0. The van der Waals surface area contributed by atoms with Crippen molar-refractivity contribution in [3.05, 3.63) is 61.1 Å². The average molecular weight is 369 g/mol. The fourth-order valence-electron chi connectivity index (χ4n) is 3.25. The van der Waals surface area contributed by atoms with E-state index in [9.17, 15) is 8.42 Å². The van der Waals surface area contributed by atoms with Crippen LogP contribution in [-0.4, -0.2) is 41.9 Å². The van der Waals surface area contributed by atoms with Crippen LogP contribution in [0.5, 0.6) is 5.75 Å². The molecule has 0 N–H and O–H groups in total. The van der Waals surface area contributed by atoms with E-state index >= 15 is 0 Å². The molecule has 26 heavy (non-hydrogen) atoms. The van der Waals surface area contributed by atoms with Crippen molar-refractivity contribution in [1.82, 2.24) is 14.3 Å². The van der Waals surface area contributed by atoms with Crippen molar-refractivity contribution < 1.29 is 13.2 Å². The van der Waals surface area contributed by atoms with Gasteiger partial charge in [-0.15, -0.1) is 0 Å². The smallest absolute Gasteiger partial charge is 0.245 e. The minimum absolute atomic E-state index is 0.177. The lowest BCUT2D eigenvalue weighted by atomic mass is 10.1.